The molecule has 0 bridgehead atoms. The molecule has 0 unspecified atom stereocenters. The number of hydrogen-bond donors (Lipinski definition) is 1. The van der Waals surface area contributed by atoms with Crippen molar-refractivity contribution in [3.8, 4) is 0 Å². The Balaban J connectivity index is 2.86. The number of aliphatic hydroxyl groups excluding tert-OH is 1. The molecule has 0 aliphatic rings. The van der Waals surface area contributed by atoms with Gasteiger partial charge >= 0.3 is 0 Å². The first-order chi connectivity index (χ1) is 6.65. The van der Waals surface area contributed by atoms with Crippen LogP contribution in [0.1, 0.15) is 11.1 Å². The van der Waals surface area contributed by atoms with Crippen LogP contribution in [0.5, 0.6) is 0 Å². The molecule has 0 heterocycles. The minimum absolute atomic E-state index is 0.0144. The Hall–Kier alpha value is -0.740. The fourth-order valence-electron chi connectivity index (χ4n) is 1.19. The molecule has 1 aromatic rings. The van der Waals surface area contributed by atoms with E-state index in [-0.39, 0.29) is 24.1 Å². The smallest absolute Gasteiger partial charge is 0.147 e. The van der Waals surface area contributed by atoms with Crippen LogP contribution >= 0.6 is 15.9 Å². The van der Waals surface area contributed by atoms with Crippen molar-refractivity contribution in [1.29, 1.82) is 0 Å². The van der Waals surface area contributed by atoms with Crippen molar-refractivity contribution in [2.45, 2.75) is 13.0 Å². The third-order valence-corrected chi connectivity index (χ3v) is 2.38. The molecule has 14 heavy (non-hydrogen) atoms. The van der Waals surface area contributed by atoms with Gasteiger partial charge in [-0.2, -0.15) is 0 Å². The summed E-state index contributed by atoms with van der Waals surface area (Å²) < 4.78 is 12.9. The normalized spacial score (nSPS) is 10.2. The van der Waals surface area contributed by atoms with Crippen LogP contribution in [-0.4, -0.2) is 16.2 Å². The van der Waals surface area contributed by atoms with Gasteiger partial charge < -0.3 is 5.11 Å². The molecule has 0 spiro atoms. The average molecular weight is 261 g/mol. The molecule has 0 aliphatic heterocycles. The lowest BCUT2D eigenvalue weighted by molar-refractivity contribution is -0.115. The Labute approximate surface area is 89.9 Å². The molecule has 1 rings (SSSR count). The second-order valence-electron chi connectivity index (χ2n) is 2.97. The standard InChI is InChI=1S/C10H10BrFO2/c11-5-10(14)4-7-1-8(6-13)3-9(12)2-7/h1-3,13H,4-6H2. The number of carbonyl (C=O) groups excluding carboxylic acids is 1. The van der Waals surface area contributed by atoms with Gasteiger partial charge in [-0.05, 0) is 23.3 Å². The third kappa shape index (κ3) is 3.20. The van der Waals surface area contributed by atoms with Gasteiger partial charge in [0.15, 0.2) is 0 Å². The van der Waals surface area contributed by atoms with E-state index >= 15 is 0 Å². The Morgan fingerprint density at radius 1 is 1.36 bits per heavy atom. The van der Waals surface area contributed by atoms with Gasteiger partial charge in [0.25, 0.3) is 0 Å². The molecule has 0 amide bonds. The number of halogens is 2. The van der Waals surface area contributed by atoms with Gasteiger partial charge in [-0.15, -0.1) is 0 Å². The number of carbonyl (C=O) groups is 1. The molecule has 2 nitrogen and oxygen atoms in total. The van der Waals surface area contributed by atoms with E-state index in [1.54, 1.807) is 6.07 Å². The second-order valence-corrected chi connectivity index (χ2v) is 3.54. The van der Waals surface area contributed by atoms with Crippen LogP contribution in [0.15, 0.2) is 18.2 Å². The topological polar surface area (TPSA) is 37.3 Å². The number of benzene rings is 1. The van der Waals surface area contributed by atoms with E-state index in [0.717, 1.165) is 0 Å². The van der Waals surface area contributed by atoms with Crippen LogP contribution in [0, 0.1) is 5.82 Å². The summed E-state index contributed by atoms with van der Waals surface area (Å²) in [4.78, 5) is 11.1. The minimum atomic E-state index is -0.422. The van der Waals surface area contributed by atoms with E-state index in [4.69, 9.17) is 5.11 Å². The van der Waals surface area contributed by atoms with Crippen LogP contribution in [0.25, 0.3) is 0 Å². The van der Waals surface area contributed by atoms with Crippen LogP contribution in [0.2, 0.25) is 0 Å². The molecule has 0 saturated carbocycles. The molecule has 0 aromatic heterocycles. The maximum Gasteiger partial charge on any atom is 0.147 e. The third-order valence-electron chi connectivity index (χ3n) is 1.75. The van der Waals surface area contributed by atoms with Gasteiger partial charge in [-0.25, -0.2) is 4.39 Å². The van der Waals surface area contributed by atoms with Gasteiger partial charge in [0, 0.05) is 6.42 Å². The van der Waals surface area contributed by atoms with Crippen molar-refractivity contribution in [2.75, 3.05) is 5.33 Å². The van der Waals surface area contributed by atoms with Gasteiger partial charge in [-0.1, -0.05) is 22.0 Å². The zero-order valence-corrected chi connectivity index (χ0v) is 9.05. The average Bonchev–Trinajstić information content (AvgIpc) is 2.16. The number of hydrogen-bond acceptors (Lipinski definition) is 2. The molecule has 4 heteroatoms. The van der Waals surface area contributed by atoms with E-state index in [2.05, 4.69) is 15.9 Å². The summed E-state index contributed by atoms with van der Waals surface area (Å²) in [6.45, 7) is -0.215. The summed E-state index contributed by atoms with van der Waals surface area (Å²) in [5.74, 6) is -0.437. The maximum absolute atomic E-state index is 12.9. The van der Waals surface area contributed by atoms with E-state index in [0.29, 0.717) is 11.1 Å². The summed E-state index contributed by atoms with van der Waals surface area (Å²) in [5, 5.41) is 9.08. The minimum Gasteiger partial charge on any atom is -0.392 e. The number of aliphatic hydroxyl groups is 1. The van der Waals surface area contributed by atoms with Crippen molar-refractivity contribution in [1.82, 2.24) is 0 Å². The quantitative estimate of drug-likeness (QED) is 0.839. The SMILES string of the molecule is O=C(CBr)Cc1cc(F)cc(CO)c1. The van der Waals surface area contributed by atoms with E-state index in [9.17, 15) is 9.18 Å². The molecule has 0 fully saturated rings. The summed E-state index contributed by atoms with van der Waals surface area (Å²) in [6, 6.07) is 4.19. The number of rotatable bonds is 4. The lowest BCUT2D eigenvalue weighted by Crippen LogP contribution is -2.04. The highest BCUT2D eigenvalue weighted by molar-refractivity contribution is 9.09. The first-order valence-corrected chi connectivity index (χ1v) is 5.24. The number of Topliss-reactive ketones (excluding diaryl/α,β-unsaturated/α-hetero) is 1. The highest BCUT2D eigenvalue weighted by Gasteiger charge is 2.04. The van der Waals surface area contributed by atoms with Crippen molar-refractivity contribution in [3.63, 3.8) is 0 Å². The van der Waals surface area contributed by atoms with Crippen molar-refractivity contribution in [2.24, 2.45) is 0 Å². The van der Waals surface area contributed by atoms with Crippen LogP contribution in [0.3, 0.4) is 0 Å². The summed E-state index contributed by atoms with van der Waals surface area (Å²) in [5.41, 5.74) is 1.08. The first-order valence-electron chi connectivity index (χ1n) is 4.12. The molecule has 0 saturated heterocycles. The van der Waals surface area contributed by atoms with Crippen LogP contribution < -0.4 is 0 Å². The lowest BCUT2D eigenvalue weighted by Gasteiger charge is -2.02. The first kappa shape index (κ1) is 11.3. The predicted molar refractivity (Wildman–Crippen MR) is 54.8 cm³/mol. The van der Waals surface area contributed by atoms with Crippen molar-refractivity contribution < 1.29 is 14.3 Å². The Kier molecular flexibility index (Phi) is 4.22. The van der Waals surface area contributed by atoms with Gasteiger partial charge in [0.1, 0.15) is 11.6 Å². The van der Waals surface area contributed by atoms with E-state index in [1.807, 2.05) is 0 Å². The van der Waals surface area contributed by atoms with Gasteiger partial charge in [-0.3, -0.25) is 4.79 Å². The molecule has 76 valence electrons. The molecule has 1 aromatic carbocycles. The zero-order valence-electron chi connectivity index (χ0n) is 7.46. The number of ketones is 1. The Bertz CT molecular complexity index is 339. The Morgan fingerprint density at radius 2 is 2.00 bits per heavy atom. The molecule has 0 atom stereocenters. The van der Waals surface area contributed by atoms with Crippen molar-refractivity contribution in [3.05, 3.63) is 35.1 Å². The molecular weight excluding hydrogens is 251 g/mol. The van der Waals surface area contributed by atoms with Gasteiger partial charge in [0.2, 0.25) is 0 Å². The van der Waals surface area contributed by atoms with E-state index < -0.39 is 5.82 Å². The molecule has 0 radical (unpaired) electrons. The van der Waals surface area contributed by atoms with E-state index in [1.165, 1.54) is 12.1 Å². The Morgan fingerprint density at radius 3 is 2.57 bits per heavy atom. The zero-order chi connectivity index (χ0) is 10.6. The fraction of sp³-hybridized carbons (Fsp3) is 0.300. The monoisotopic (exact) mass is 260 g/mol. The summed E-state index contributed by atoms with van der Waals surface area (Å²) in [7, 11) is 0. The van der Waals surface area contributed by atoms with Crippen molar-refractivity contribution >= 4 is 21.7 Å². The van der Waals surface area contributed by atoms with Crippen LogP contribution in [0.4, 0.5) is 4.39 Å². The fourth-order valence-corrected chi connectivity index (χ4v) is 1.38. The molecule has 0 aliphatic carbocycles. The highest BCUT2D eigenvalue weighted by atomic mass is 79.9. The summed E-state index contributed by atoms with van der Waals surface area (Å²) in [6.07, 6.45) is 0.190. The van der Waals surface area contributed by atoms with Gasteiger partial charge in [0.05, 0.1) is 11.9 Å². The largest absolute Gasteiger partial charge is 0.392 e. The molecule has 1 N–H and O–H groups in total. The number of alkyl halides is 1. The maximum atomic E-state index is 12.9. The molecular formula is C10H10BrFO2. The lowest BCUT2D eigenvalue weighted by atomic mass is 10.1. The predicted octanol–water partition coefficient (Wildman–Crippen LogP) is 1.82. The second kappa shape index (κ2) is 5.22. The van der Waals surface area contributed by atoms with Crippen LogP contribution in [-0.2, 0) is 17.8 Å². The summed E-state index contributed by atoms with van der Waals surface area (Å²) >= 11 is 3.03. The highest BCUT2D eigenvalue weighted by Crippen LogP contribution is 2.10.